The molecule has 1 aliphatic rings. The predicted molar refractivity (Wildman–Crippen MR) is 115 cm³/mol. The van der Waals surface area contributed by atoms with Gasteiger partial charge in [-0.3, -0.25) is 14.2 Å². The highest BCUT2D eigenvalue weighted by Gasteiger charge is 2.29. The number of carbonyl (C=O) groups excluding carboxylic acids is 1. The fourth-order valence-corrected chi connectivity index (χ4v) is 5.53. The number of aromatic nitrogens is 4. The second-order valence-electron chi connectivity index (χ2n) is 7.62. The number of sulfone groups is 1. The molecule has 1 amide bonds. The van der Waals surface area contributed by atoms with Gasteiger partial charge >= 0.3 is 5.69 Å². The van der Waals surface area contributed by atoms with Crippen molar-refractivity contribution < 1.29 is 13.2 Å². The van der Waals surface area contributed by atoms with Gasteiger partial charge in [0.05, 0.1) is 24.4 Å². The lowest BCUT2D eigenvalue weighted by Gasteiger charge is -2.14. The summed E-state index contributed by atoms with van der Waals surface area (Å²) in [5.74, 6) is -0.689. The van der Waals surface area contributed by atoms with Crippen LogP contribution in [0.2, 0.25) is 0 Å². The molecule has 0 unspecified atom stereocenters. The molecule has 2 aromatic heterocycles. The Bertz CT molecular complexity index is 1350. The Balaban J connectivity index is 1.73. The standard InChI is InChI=1S/C20H23N5O5S/c1-2-23-13-21-18-17(23)19(27)25(11-16(26)22-15-8-9-31(29,30)12-15)20(28)24(18)10-14-6-4-3-5-7-14/h3-7,13,15H,2,8-12H2,1H3,(H,22,26)/t15-/m0/s1. The summed E-state index contributed by atoms with van der Waals surface area (Å²) in [7, 11) is -3.16. The molecule has 31 heavy (non-hydrogen) atoms. The van der Waals surface area contributed by atoms with Crippen LogP contribution >= 0.6 is 0 Å². The third-order valence-electron chi connectivity index (χ3n) is 5.41. The number of aryl methyl sites for hydroxylation is 1. The molecule has 11 heteroatoms. The van der Waals surface area contributed by atoms with Crippen molar-refractivity contribution in [3.05, 3.63) is 63.1 Å². The van der Waals surface area contributed by atoms with Crippen molar-refractivity contribution in [1.82, 2.24) is 24.0 Å². The maximum absolute atomic E-state index is 13.2. The second-order valence-corrected chi connectivity index (χ2v) is 9.84. The zero-order valence-electron chi connectivity index (χ0n) is 17.0. The molecule has 10 nitrogen and oxygen atoms in total. The van der Waals surface area contributed by atoms with Crippen molar-refractivity contribution in [3.63, 3.8) is 0 Å². The number of imidazole rings is 1. The summed E-state index contributed by atoms with van der Waals surface area (Å²) in [5.41, 5.74) is 0.117. The maximum atomic E-state index is 13.2. The Labute approximate surface area is 178 Å². The Morgan fingerprint density at radius 3 is 2.58 bits per heavy atom. The first kappa shape index (κ1) is 21.0. The number of rotatable bonds is 6. The van der Waals surface area contributed by atoms with E-state index in [4.69, 9.17) is 0 Å². The highest BCUT2D eigenvalue weighted by Crippen LogP contribution is 2.12. The summed E-state index contributed by atoms with van der Waals surface area (Å²) in [4.78, 5) is 43.1. The highest BCUT2D eigenvalue weighted by atomic mass is 32.2. The van der Waals surface area contributed by atoms with Gasteiger partial charge in [0, 0.05) is 12.6 Å². The van der Waals surface area contributed by atoms with Gasteiger partial charge in [0.1, 0.15) is 6.54 Å². The molecule has 1 saturated heterocycles. The molecule has 1 atom stereocenters. The molecule has 4 rings (SSSR count). The minimum Gasteiger partial charge on any atom is -0.351 e. The summed E-state index contributed by atoms with van der Waals surface area (Å²) in [5, 5.41) is 2.63. The number of hydrogen-bond donors (Lipinski definition) is 1. The smallest absolute Gasteiger partial charge is 0.333 e. The fraction of sp³-hybridized carbons (Fsp3) is 0.400. The molecule has 0 radical (unpaired) electrons. The number of amides is 1. The van der Waals surface area contributed by atoms with E-state index in [-0.39, 0.29) is 29.2 Å². The SMILES string of the molecule is CCn1cnc2c1c(=O)n(CC(=O)N[C@H]1CCS(=O)(=O)C1)c(=O)n2Cc1ccccc1. The maximum Gasteiger partial charge on any atom is 0.333 e. The average molecular weight is 446 g/mol. The van der Waals surface area contributed by atoms with E-state index in [1.54, 1.807) is 4.57 Å². The molecular formula is C20H23N5O5S. The molecule has 3 heterocycles. The zero-order chi connectivity index (χ0) is 22.2. The summed E-state index contributed by atoms with van der Waals surface area (Å²) in [6.07, 6.45) is 1.82. The zero-order valence-corrected chi connectivity index (χ0v) is 17.8. The molecule has 1 N–H and O–H groups in total. The van der Waals surface area contributed by atoms with Crippen LogP contribution in [-0.4, -0.2) is 50.6 Å². The van der Waals surface area contributed by atoms with Gasteiger partial charge in [-0.2, -0.15) is 0 Å². The van der Waals surface area contributed by atoms with Crippen LogP contribution in [0.15, 0.2) is 46.2 Å². The van der Waals surface area contributed by atoms with Crippen LogP contribution in [0.4, 0.5) is 0 Å². The van der Waals surface area contributed by atoms with Crippen molar-refractivity contribution in [1.29, 1.82) is 0 Å². The third-order valence-corrected chi connectivity index (χ3v) is 7.18. The normalized spacial score (nSPS) is 17.8. The van der Waals surface area contributed by atoms with Crippen LogP contribution < -0.4 is 16.6 Å². The van der Waals surface area contributed by atoms with E-state index in [2.05, 4.69) is 10.3 Å². The monoisotopic (exact) mass is 445 g/mol. The topological polar surface area (TPSA) is 125 Å². The first-order valence-electron chi connectivity index (χ1n) is 10.0. The van der Waals surface area contributed by atoms with Gasteiger partial charge in [0.15, 0.2) is 21.0 Å². The van der Waals surface area contributed by atoms with E-state index in [0.29, 0.717) is 13.0 Å². The Morgan fingerprint density at radius 2 is 1.94 bits per heavy atom. The number of benzene rings is 1. The first-order valence-corrected chi connectivity index (χ1v) is 11.8. The number of hydrogen-bond acceptors (Lipinski definition) is 6. The Morgan fingerprint density at radius 1 is 1.19 bits per heavy atom. The van der Waals surface area contributed by atoms with Crippen LogP contribution in [0.5, 0.6) is 0 Å². The molecular weight excluding hydrogens is 422 g/mol. The van der Waals surface area contributed by atoms with Crippen LogP contribution in [0.25, 0.3) is 11.2 Å². The Hall–Kier alpha value is -3.21. The number of nitrogens with one attached hydrogen (secondary N) is 1. The molecule has 3 aromatic rings. The summed E-state index contributed by atoms with van der Waals surface area (Å²) in [6, 6.07) is 8.77. The van der Waals surface area contributed by atoms with Crippen molar-refractivity contribution in [2.45, 2.75) is 39.0 Å². The van der Waals surface area contributed by atoms with E-state index < -0.39 is 39.6 Å². The first-order chi connectivity index (χ1) is 14.8. The van der Waals surface area contributed by atoms with Gasteiger partial charge in [-0.15, -0.1) is 0 Å². The van der Waals surface area contributed by atoms with Crippen molar-refractivity contribution in [2.75, 3.05) is 11.5 Å². The quantitative estimate of drug-likeness (QED) is 0.557. The molecule has 164 valence electrons. The predicted octanol–water partition coefficient (Wildman–Crippen LogP) is -0.269. The van der Waals surface area contributed by atoms with Gasteiger partial charge < -0.3 is 9.88 Å². The molecule has 0 aliphatic carbocycles. The van der Waals surface area contributed by atoms with E-state index in [1.165, 1.54) is 10.9 Å². The second kappa shape index (κ2) is 8.14. The van der Waals surface area contributed by atoms with Crippen molar-refractivity contribution >= 4 is 26.9 Å². The molecule has 0 bridgehead atoms. The largest absolute Gasteiger partial charge is 0.351 e. The molecule has 1 aromatic carbocycles. The van der Waals surface area contributed by atoms with E-state index in [9.17, 15) is 22.8 Å². The average Bonchev–Trinajstić information content (AvgIpc) is 3.32. The van der Waals surface area contributed by atoms with Gasteiger partial charge in [-0.25, -0.2) is 22.8 Å². The summed E-state index contributed by atoms with van der Waals surface area (Å²) < 4.78 is 27.2. The molecule has 1 fully saturated rings. The van der Waals surface area contributed by atoms with Crippen molar-refractivity contribution in [3.8, 4) is 0 Å². The van der Waals surface area contributed by atoms with Gasteiger partial charge in [-0.05, 0) is 18.9 Å². The van der Waals surface area contributed by atoms with Crippen LogP contribution in [-0.2, 0) is 34.3 Å². The number of fused-ring (bicyclic) bond motifs is 1. The van der Waals surface area contributed by atoms with Gasteiger partial charge in [-0.1, -0.05) is 30.3 Å². The van der Waals surface area contributed by atoms with E-state index in [1.807, 2.05) is 37.3 Å². The van der Waals surface area contributed by atoms with Crippen LogP contribution in [0, 0.1) is 0 Å². The lowest BCUT2D eigenvalue weighted by Crippen LogP contribution is -2.46. The number of carbonyl (C=O) groups is 1. The van der Waals surface area contributed by atoms with Gasteiger partial charge in [0.25, 0.3) is 5.56 Å². The van der Waals surface area contributed by atoms with Crippen LogP contribution in [0.3, 0.4) is 0 Å². The third kappa shape index (κ3) is 4.18. The summed E-state index contributed by atoms with van der Waals surface area (Å²) in [6.45, 7) is 2.03. The van der Waals surface area contributed by atoms with Crippen LogP contribution in [0.1, 0.15) is 18.9 Å². The highest BCUT2D eigenvalue weighted by molar-refractivity contribution is 7.91. The minimum absolute atomic E-state index is 0.0173. The fourth-order valence-electron chi connectivity index (χ4n) is 3.85. The number of nitrogens with zero attached hydrogens (tertiary/aromatic N) is 4. The lowest BCUT2D eigenvalue weighted by molar-refractivity contribution is -0.122. The molecule has 0 spiro atoms. The Kier molecular flexibility index (Phi) is 5.52. The van der Waals surface area contributed by atoms with E-state index in [0.717, 1.165) is 10.1 Å². The van der Waals surface area contributed by atoms with Crippen molar-refractivity contribution in [2.24, 2.45) is 0 Å². The minimum atomic E-state index is -3.16. The van der Waals surface area contributed by atoms with Gasteiger partial charge in [0.2, 0.25) is 5.91 Å². The van der Waals surface area contributed by atoms with E-state index >= 15 is 0 Å². The lowest BCUT2D eigenvalue weighted by atomic mass is 10.2. The summed E-state index contributed by atoms with van der Waals surface area (Å²) >= 11 is 0. The molecule has 0 saturated carbocycles. The molecule has 1 aliphatic heterocycles.